The van der Waals surface area contributed by atoms with E-state index in [1.807, 2.05) is 35.2 Å². The number of likely N-dealkylation sites (tertiary alicyclic amines) is 1. The number of amides is 1. The van der Waals surface area contributed by atoms with Gasteiger partial charge >= 0.3 is 5.97 Å². The zero-order valence-corrected chi connectivity index (χ0v) is 23.3. The van der Waals surface area contributed by atoms with Gasteiger partial charge in [-0.3, -0.25) is 14.5 Å². The van der Waals surface area contributed by atoms with E-state index < -0.39 is 12.1 Å². The fourth-order valence-corrected chi connectivity index (χ4v) is 5.21. The Morgan fingerprint density at radius 3 is 2.33 bits per heavy atom. The molecule has 0 radical (unpaired) electrons. The summed E-state index contributed by atoms with van der Waals surface area (Å²) in [6.45, 7) is 2.77. The number of ether oxygens (including phenoxy) is 5. The summed E-state index contributed by atoms with van der Waals surface area (Å²) in [6.07, 6.45) is 2.92. The fraction of sp³-hybridized carbons (Fsp3) is 0.483. The van der Waals surface area contributed by atoms with Crippen LogP contribution in [0, 0.1) is 0 Å². The van der Waals surface area contributed by atoms with Crippen molar-refractivity contribution in [3.63, 3.8) is 0 Å². The molecule has 1 fully saturated rings. The Morgan fingerprint density at radius 2 is 1.64 bits per heavy atom. The maximum atomic E-state index is 13.9. The van der Waals surface area contributed by atoms with Crippen LogP contribution >= 0.6 is 0 Å². The molecule has 2 aliphatic rings. The Morgan fingerprint density at radius 1 is 0.923 bits per heavy atom. The number of hydrogen-bond donors (Lipinski definition) is 0. The molecule has 0 aliphatic carbocycles. The molecule has 0 saturated carbocycles. The molecule has 2 atom stereocenters. The lowest BCUT2D eigenvalue weighted by Crippen LogP contribution is -2.49. The van der Waals surface area contributed by atoms with Crippen molar-refractivity contribution in [2.75, 3.05) is 48.1 Å². The van der Waals surface area contributed by atoms with Gasteiger partial charge in [0, 0.05) is 23.6 Å². The minimum absolute atomic E-state index is 0.0444. The van der Waals surface area contributed by atoms with Gasteiger partial charge in [0.25, 0.3) is 5.91 Å². The van der Waals surface area contributed by atoms with Crippen molar-refractivity contribution in [3.05, 3.63) is 47.5 Å². The highest BCUT2D eigenvalue weighted by atomic mass is 16.5. The highest BCUT2D eigenvalue weighted by molar-refractivity contribution is 6.05. The number of methoxy groups -OCH3 is 4. The van der Waals surface area contributed by atoms with Crippen LogP contribution in [0.15, 0.2) is 41.5 Å². The molecule has 2 aliphatic heterocycles. The number of carbonyl (C=O) groups is 2. The highest BCUT2D eigenvalue weighted by Gasteiger charge is 2.38. The average Bonchev–Trinajstić information content (AvgIpc) is 3.42. The third-order valence-corrected chi connectivity index (χ3v) is 7.19. The molecular weight excluding hydrogens is 502 g/mol. The minimum atomic E-state index is -0.449. The summed E-state index contributed by atoms with van der Waals surface area (Å²) in [5.41, 5.74) is 2.23. The lowest BCUT2D eigenvalue weighted by atomic mass is 9.96. The van der Waals surface area contributed by atoms with Gasteiger partial charge in [-0.1, -0.05) is 6.42 Å². The summed E-state index contributed by atoms with van der Waals surface area (Å²) >= 11 is 0. The minimum Gasteiger partial charge on any atom is -0.497 e. The Kier molecular flexibility index (Phi) is 9.29. The first kappa shape index (κ1) is 28.2. The number of carbonyl (C=O) groups excluding carboxylic acids is 2. The smallest absolute Gasteiger partial charge is 0.323 e. The topological polar surface area (TPSA) is 99.1 Å². The second kappa shape index (κ2) is 12.8. The Hall–Kier alpha value is -3.79. The maximum Gasteiger partial charge on any atom is 0.323 e. The second-order valence-corrected chi connectivity index (χ2v) is 9.41. The number of hydrazone groups is 1. The fourth-order valence-electron chi connectivity index (χ4n) is 5.21. The van der Waals surface area contributed by atoms with E-state index in [1.165, 1.54) is 5.01 Å². The first-order valence-corrected chi connectivity index (χ1v) is 13.2. The molecule has 0 N–H and O–H groups in total. The molecular formula is C29H37N3O7. The summed E-state index contributed by atoms with van der Waals surface area (Å²) in [6, 6.07) is 10.1. The van der Waals surface area contributed by atoms with E-state index in [4.69, 9.17) is 28.8 Å². The van der Waals surface area contributed by atoms with E-state index in [0.717, 1.165) is 24.0 Å². The van der Waals surface area contributed by atoms with E-state index in [2.05, 4.69) is 0 Å². The van der Waals surface area contributed by atoms with Crippen LogP contribution in [0.2, 0.25) is 0 Å². The normalized spacial score (nSPS) is 19.3. The van der Waals surface area contributed by atoms with Crippen molar-refractivity contribution in [1.29, 1.82) is 0 Å². The van der Waals surface area contributed by atoms with Crippen LogP contribution in [0.5, 0.6) is 23.0 Å². The van der Waals surface area contributed by atoms with E-state index >= 15 is 0 Å². The molecule has 2 aromatic rings. The molecule has 0 aromatic heterocycles. The molecule has 1 amide bonds. The van der Waals surface area contributed by atoms with Gasteiger partial charge in [-0.15, -0.1) is 0 Å². The second-order valence-electron chi connectivity index (χ2n) is 9.41. The maximum absolute atomic E-state index is 13.9. The zero-order valence-electron chi connectivity index (χ0n) is 23.3. The molecule has 2 heterocycles. The van der Waals surface area contributed by atoms with Crippen molar-refractivity contribution >= 4 is 17.6 Å². The zero-order chi connectivity index (χ0) is 27.9. The first-order chi connectivity index (χ1) is 18.9. The molecule has 4 rings (SSSR count). The van der Waals surface area contributed by atoms with Crippen LogP contribution < -0.4 is 18.9 Å². The third kappa shape index (κ3) is 6.11. The summed E-state index contributed by atoms with van der Waals surface area (Å²) in [4.78, 5) is 28.5. The van der Waals surface area contributed by atoms with Gasteiger partial charge in [0.15, 0.2) is 0 Å². The summed E-state index contributed by atoms with van der Waals surface area (Å²) in [7, 11) is 6.37. The van der Waals surface area contributed by atoms with Crippen molar-refractivity contribution in [1.82, 2.24) is 9.91 Å². The average molecular weight is 540 g/mol. The quantitative estimate of drug-likeness (QED) is 0.421. The molecule has 210 valence electrons. The number of esters is 1. The van der Waals surface area contributed by atoms with Gasteiger partial charge in [-0.25, -0.2) is 5.01 Å². The van der Waals surface area contributed by atoms with E-state index in [9.17, 15) is 9.59 Å². The molecule has 10 heteroatoms. The van der Waals surface area contributed by atoms with Crippen LogP contribution in [0.3, 0.4) is 0 Å². The number of rotatable bonds is 10. The van der Waals surface area contributed by atoms with Crippen molar-refractivity contribution in [3.8, 4) is 23.0 Å². The largest absolute Gasteiger partial charge is 0.497 e. The van der Waals surface area contributed by atoms with E-state index in [1.54, 1.807) is 41.4 Å². The number of nitrogens with zero attached hydrogens (tertiary/aromatic N) is 3. The number of benzene rings is 2. The molecule has 1 saturated heterocycles. The van der Waals surface area contributed by atoms with Gasteiger partial charge in [0.05, 0.1) is 53.3 Å². The van der Waals surface area contributed by atoms with Crippen molar-refractivity contribution < 1.29 is 33.3 Å². The Bertz CT molecular complexity index is 1220. The van der Waals surface area contributed by atoms with Crippen LogP contribution in [-0.4, -0.2) is 81.7 Å². The van der Waals surface area contributed by atoms with Crippen LogP contribution in [0.1, 0.15) is 49.8 Å². The van der Waals surface area contributed by atoms with Gasteiger partial charge in [-0.2, -0.15) is 5.10 Å². The Labute approximate surface area is 229 Å². The molecule has 0 spiro atoms. The monoisotopic (exact) mass is 539 g/mol. The number of hydrogen-bond acceptors (Lipinski definition) is 9. The molecule has 39 heavy (non-hydrogen) atoms. The van der Waals surface area contributed by atoms with Gasteiger partial charge in [-0.05, 0) is 56.6 Å². The lowest BCUT2D eigenvalue weighted by Gasteiger charge is -2.34. The summed E-state index contributed by atoms with van der Waals surface area (Å²) in [5, 5.41) is 6.33. The molecule has 0 unspecified atom stereocenters. The summed E-state index contributed by atoms with van der Waals surface area (Å²) < 4.78 is 27.4. The van der Waals surface area contributed by atoms with Crippen LogP contribution in [0.4, 0.5) is 0 Å². The Balaban J connectivity index is 1.71. The first-order valence-electron chi connectivity index (χ1n) is 13.2. The number of piperidine rings is 1. The SMILES string of the molecule is CCOC(=O)[C@H]1CCCCN1CC(=O)N1N=C(c2ccc(OC)cc2OC)C[C@@H]1c1cc(OC)ccc1OC. The standard InChI is InChI=1S/C29H37N3O7/c1-6-39-29(34)24-9-7-8-14-31(24)18-28(33)32-25(22-15-19(35-2)11-13-26(22)37-4)17-23(30-32)21-12-10-20(36-3)16-27(21)38-5/h10-13,15-16,24-25H,6-9,14,17-18H2,1-5H3/t24-,25-/m1/s1. The summed E-state index contributed by atoms with van der Waals surface area (Å²) in [5.74, 6) is 2.01. The highest BCUT2D eigenvalue weighted by Crippen LogP contribution is 2.41. The lowest BCUT2D eigenvalue weighted by molar-refractivity contribution is -0.152. The molecule has 0 bridgehead atoms. The van der Waals surface area contributed by atoms with Crippen LogP contribution in [0.25, 0.3) is 0 Å². The van der Waals surface area contributed by atoms with Gasteiger partial charge in [0.2, 0.25) is 0 Å². The van der Waals surface area contributed by atoms with Gasteiger partial charge < -0.3 is 23.7 Å². The van der Waals surface area contributed by atoms with E-state index in [0.29, 0.717) is 54.7 Å². The molecule has 2 aromatic carbocycles. The van der Waals surface area contributed by atoms with Crippen LogP contribution in [-0.2, 0) is 14.3 Å². The van der Waals surface area contributed by atoms with Gasteiger partial charge in [0.1, 0.15) is 29.0 Å². The third-order valence-electron chi connectivity index (χ3n) is 7.19. The van der Waals surface area contributed by atoms with E-state index in [-0.39, 0.29) is 18.4 Å². The predicted molar refractivity (Wildman–Crippen MR) is 146 cm³/mol. The van der Waals surface area contributed by atoms with Crippen molar-refractivity contribution in [2.45, 2.75) is 44.7 Å². The predicted octanol–water partition coefficient (Wildman–Crippen LogP) is 3.82. The van der Waals surface area contributed by atoms with Crippen molar-refractivity contribution in [2.24, 2.45) is 5.10 Å². The molecule has 10 nitrogen and oxygen atoms in total.